The van der Waals surface area contributed by atoms with Crippen molar-refractivity contribution in [2.24, 2.45) is 16.7 Å². The van der Waals surface area contributed by atoms with Gasteiger partial charge >= 0.3 is 12.0 Å². The molecule has 1 aromatic heterocycles. The van der Waals surface area contributed by atoms with E-state index in [1.54, 1.807) is 42.7 Å². The van der Waals surface area contributed by atoms with Crippen LogP contribution in [-0.4, -0.2) is 48.1 Å². The molecule has 0 aliphatic heterocycles. The molecule has 2 aliphatic carbocycles. The van der Waals surface area contributed by atoms with Gasteiger partial charge < -0.3 is 15.7 Å². The average molecular weight is 591 g/mol. The number of hydrogen-bond donors (Lipinski definition) is 4. The number of carbonyl (C=O) groups excluding carboxylic acids is 2. The molecule has 2 bridgehead atoms. The van der Waals surface area contributed by atoms with Gasteiger partial charge in [-0.25, -0.2) is 17.9 Å². The van der Waals surface area contributed by atoms with E-state index in [1.807, 2.05) is 44.2 Å². The van der Waals surface area contributed by atoms with Crippen molar-refractivity contribution in [1.82, 2.24) is 9.71 Å². The number of fused-ring (bicyclic) bond motifs is 2. The van der Waals surface area contributed by atoms with Gasteiger partial charge in [0.2, 0.25) is 10.0 Å². The topological polar surface area (TPSA) is 155 Å². The van der Waals surface area contributed by atoms with E-state index < -0.39 is 44.6 Å². The number of ketones is 1. The zero-order valence-corrected chi connectivity index (χ0v) is 24.3. The number of carboxylic acids is 1. The Bertz CT molecular complexity index is 1610. The fourth-order valence-electron chi connectivity index (χ4n) is 6.44. The maximum atomic E-state index is 13.2. The number of urea groups is 1. The normalized spacial score (nSPS) is 21.6. The minimum Gasteiger partial charge on any atom is -0.480 e. The number of aromatic nitrogens is 1. The van der Waals surface area contributed by atoms with Gasteiger partial charge in [0.25, 0.3) is 0 Å². The second-order valence-corrected chi connectivity index (χ2v) is 13.5. The molecular weight excluding hydrogens is 556 g/mol. The summed E-state index contributed by atoms with van der Waals surface area (Å²) in [5.74, 6) is -1.55. The second-order valence-electron chi connectivity index (χ2n) is 11.7. The lowest BCUT2D eigenvalue weighted by Crippen LogP contribution is -2.49. The molecule has 2 fully saturated rings. The summed E-state index contributed by atoms with van der Waals surface area (Å²) in [5, 5.41) is 15.4. The molecule has 10 nitrogen and oxygen atoms in total. The first kappa shape index (κ1) is 29.4. The Kier molecular flexibility index (Phi) is 7.91. The van der Waals surface area contributed by atoms with Crippen molar-refractivity contribution in [2.45, 2.75) is 45.6 Å². The monoisotopic (exact) mass is 590 g/mol. The van der Waals surface area contributed by atoms with Crippen LogP contribution in [0.4, 0.5) is 16.2 Å². The summed E-state index contributed by atoms with van der Waals surface area (Å²) in [6.07, 6.45) is 4.80. The third-order valence-corrected chi connectivity index (χ3v) is 10.5. The van der Waals surface area contributed by atoms with Crippen molar-refractivity contribution in [3.05, 3.63) is 78.6 Å². The van der Waals surface area contributed by atoms with Crippen molar-refractivity contribution in [3.63, 3.8) is 0 Å². The number of sulfonamides is 1. The van der Waals surface area contributed by atoms with E-state index in [2.05, 4.69) is 20.3 Å². The van der Waals surface area contributed by atoms with Crippen LogP contribution in [0.2, 0.25) is 0 Å². The number of carbonyl (C=O) groups is 3. The van der Waals surface area contributed by atoms with E-state index in [4.69, 9.17) is 0 Å². The summed E-state index contributed by atoms with van der Waals surface area (Å²) < 4.78 is 28.8. The van der Waals surface area contributed by atoms with Gasteiger partial charge in [-0.3, -0.25) is 14.6 Å². The minimum absolute atomic E-state index is 0.0368. The molecule has 2 saturated carbocycles. The van der Waals surface area contributed by atoms with Crippen LogP contribution in [-0.2, 0) is 26.0 Å². The molecule has 0 saturated heterocycles. The minimum atomic E-state index is -4.06. The number of nitrogens with zero attached hydrogens (tertiary/aromatic N) is 1. The molecule has 11 heteroatoms. The lowest BCUT2D eigenvalue weighted by atomic mass is 9.70. The maximum Gasteiger partial charge on any atom is 0.323 e. The quantitative estimate of drug-likeness (QED) is 0.267. The Morgan fingerprint density at radius 2 is 1.69 bits per heavy atom. The van der Waals surface area contributed by atoms with E-state index in [-0.39, 0.29) is 18.1 Å². The predicted octanol–water partition coefficient (Wildman–Crippen LogP) is 4.70. The largest absolute Gasteiger partial charge is 0.480 e. The van der Waals surface area contributed by atoms with Gasteiger partial charge in [0.1, 0.15) is 11.8 Å². The summed E-state index contributed by atoms with van der Waals surface area (Å²) >= 11 is 0. The smallest absolute Gasteiger partial charge is 0.323 e. The molecule has 220 valence electrons. The fraction of sp³-hybridized carbons (Fsp3) is 0.355. The Morgan fingerprint density at radius 3 is 2.31 bits per heavy atom. The Balaban J connectivity index is 1.24. The summed E-state index contributed by atoms with van der Waals surface area (Å²) in [6.45, 7) is 3.90. The molecule has 3 aromatic rings. The van der Waals surface area contributed by atoms with Gasteiger partial charge in [0.15, 0.2) is 0 Å². The first-order chi connectivity index (χ1) is 19.9. The Labute approximate surface area is 245 Å². The third kappa shape index (κ3) is 5.93. The summed E-state index contributed by atoms with van der Waals surface area (Å²) in [4.78, 5) is 41.2. The number of carboxylic acid groups (broad SMARTS) is 1. The molecule has 1 heterocycles. The zero-order valence-electron chi connectivity index (χ0n) is 23.5. The number of amides is 2. The molecular formula is C31H34N4O6S. The Hall–Kier alpha value is -4.09. The first-order valence-corrected chi connectivity index (χ1v) is 15.5. The van der Waals surface area contributed by atoms with Crippen LogP contribution in [0.25, 0.3) is 11.1 Å². The van der Waals surface area contributed by atoms with Crippen molar-refractivity contribution in [2.75, 3.05) is 16.4 Å². The fourth-order valence-corrected chi connectivity index (χ4v) is 8.47. The average Bonchev–Trinajstić information content (AvgIpc) is 3.28. The van der Waals surface area contributed by atoms with Crippen LogP contribution in [0.5, 0.6) is 0 Å². The highest BCUT2D eigenvalue weighted by Gasteiger charge is 2.65. The standard InChI is InChI=1S/C31H34N4O6S/c1-30(2)23-10-13-31(30,27(36)18-23)19-42(40,41)35-26(28(37)38)16-20-6-8-21(9-7-20)22-4-3-5-25(17-22)34-29(39)33-24-11-14-32-15-12-24/h3-9,11-12,14-15,17,23,26,35H,10,13,16,18-19H2,1-2H3,(H,37,38)(H2,32,33,34,39)/t23?,26-,31+/m0/s1. The molecule has 2 aliphatic rings. The van der Waals surface area contributed by atoms with Crippen molar-refractivity contribution < 1.29 is 27.9 Å². The predicted molar refractivity (Wildman–Crippen MR) is 159 cm³/mol. The molecule has 0 spiro atoms. The maximum absolute atomic E-state index is 13.2. The SMILES string of the molecule is CC1(C)C2CC[C@@]1(CS(=O)(=O)N[C@@H](Cc1ccc(-c3cccc(NC(=O)Nc4ccncc4)c3)cc1)C(=O)O)C(=O)C2. The molecule has 4 N–H and O–H groups in total. The number of benzene rings is 2. The van der Waals surface area contributed by atoms with E-state index in [9.17, 15) is 27.9 Å². The van der Waals surface area contributed by atoms with Gasteiger partial charge in [-0.15, -0.1) is 0 Å². The summed E-state index contributed by atoms with van der Waals surface area (Å²) in [5.41, 5.74) is 2.08. The van der Waals surface area contributed by atoms with Crippen molar-refractivity contribution >= 4 is 39.2 Å². The molecule has 42 heavy (non-hydrogen) atoms. The van der Waals surface area contributed by atoms with E-state index in [0.29, 0.717) is 29.8 Å². The highest BCUT2D eigenvalue weighted by molar-refractivity contribution is 7.89. The van der Waals surface area contributed by atoms with Gasteiger partial charge in [-0.05, 0) is 71.6 Å². The number of pyridine rings is 1. The van der Waals surface area contributed by atoms with Crippen molar-refractivity contribution in [1.29, 1.82) is 0 Å². The molecule has 0 radical (unpaired) electrons. The van der Waals surface area contributed by atoms with Gasteiger partial charge in [0.05, 0.1) is 5.75 Å². The van der Waals surface area contributed by atoms with Crippen LogP contribution in [0.1, 0.15) is 38.7 Å². The summed E-state index contributed by atoms with van der Waals surface area (Å²) in [7, 11) is -4.06. The molecule has 3 atom stereocenters. The third-order valence-electron chi connectivity index (χ3n) is 8.98. The Morgan fingerprint density at radius 1 is 1.00 bits per heavy atom. The van der Waals surface area contributed by atoms with E-state index in [1.165, 1.54) is 0 Å². The van der Waals surface area contributed by atoms with Crippen LogP contribution in [0, 0.1) is 16.7 Å². The lowest BCUT2D eigenvalue weighted by molar-refractivity contribution is -0.138. The number of rotatable bonds is 10. The van der Waals surface area contributed by atoms with Gasteiger partial charge in [-0.1, -0.05) is 50.2 Å². The van der Waals surface area contributed by atoms with Crippen molar-refractivity contribution in [3.8, 4) is 11.1 Å². The second kappa shape index (κ2) is 11.3. The van der Waals surface area contributed by atoms with Gasteiger partial charge in [0, 0.05) is 35.6 Å². The highest BCUT2D eigenvalue weighted by atomic mass is 32.2. The van der Waals surface area contributed by atoms with Crippen LogP contribution >= 0.6 is 0 Å². The van der Waals surface area contributed by atoms with E-state index >= 15 is 0 Å². The van der Waals surface area contributed by atoms with Crippen LogP contribution < -0.4 is 15.4 Å². The molecule has 5 rings (SSSR count). The zero-order chi connectivity index (χ0) is 30.1. The van der Waals surface area contributed by atoms with Crippen LogP contribution in [0.3, 0.4) is 0 Å². The number of hydrogen-bond acceptors (Lipinski definition) is 6. The highest BCUT2D eigenvalue weighted by Crippen LogP contribution is 2.64. The first-order valence-electron chi connectivity index (χ1n) is 13.8. The number of anilines is 2. The number of Topliss-reactive ketones (excluding diaryl/α,β-unsaturated/α-hetero) is 1. The van der Waals surface area contributed by atoms with Gasteiger partial charge in [-0.2, -0.15) is 0 Å². The summed E-state index contributed by atoms with van der Waals surface area (Å²) in [6, 6.07) is 16.0. The molecule has 2 amide bonds. The molecule has 1 unspecified atom stereocenters. The number of nitrogens with one attached hydrogen (secondary N) is 3. The molecule has 2 aromatic carbocycles. The number of aliphatic carboxylic acids is 1. The lowest BCUT2D eigenvalue weighted by Gasteiger charge is -2.36. The van der Waals surface area contributed by atoms with E-state index in [0.717, 1.165) is 17.5 Å². The van der Waals surface area contributed by atoms with Crippen LogP contribution in [0.15, 0.2) is 73.1 Å².